The Kier molecular flexibility index (Phi) is 4.91. The standard InChI is InChI=1S/2C7H7.BrH.Sn/c2*1-7-5-3-2-4-6-7;;/h2*2-6H,1H2;1H;/q;;;+2/p-1. The molecular formula is C14H14BrSn+. The molecule has 16 heavy (non-hydrogen) atoms. The summed E-state index contributed by atoms with van der Waals surface area (Å²) in [6, 6.07) is 21.6. The van der Waals surface area contributed by atoms with E-state index in [1.165, 1.54) is 20.0 Å². The van der Waals surface area contributed by atoms with Crippen LogP contribution < -0.4 is 0 Å². The Balaban J connectivity index is 1.92. The SMILES string of the molecule is [Br][Sn+]([CH2]c1ccccc1)[CH2]c1ccccc1. The predicted molar refractivity (Wildman–Crippen MR) is 75.0 cm³/mol. The maximum absolute atomic E-state index is 3.95. The van der Waals surface area contributed by atoms with Crippen molar-refractivity contribution in [3.63, 3.8) is 0 Å². The summed E-state index contributed by atoms with van der Waals surface area (Å²) < 4.78 is 2.55. The minimum atomic E-state index is -1.41. The van der Waals surface area contributed by atoms with Gasteiger partial charge in [-0.25, -0.2) is 0 Å². The predicted octanol–water partition coefficient (Wildman–Crippen LogP) is 3.94. The summed E-state index contributed by atoms with van der Waals surface area (Å²) in [6.07, 6.45) is 0. The molecule has 0 atom stereocenters. The summed E-state index contributed by atoms with van der Waals surface area (Å²) in [7, 11) is 0. The van der Waals surface area contributed by atoms with E-state index in [0.29, 0.717) is 0 Å². The third-order valence-corrected chi connectivity index (χ3v) is 10.8. The van der Waals surface area contributed by atoms with Crippen molar-refractivity contribution >= 4 is 30.2 Å². The van der Waals surface area contributed by atoms with Gasteiger partial charge in [0.05, 0.1) is 0 Å². The Labute approximate surface area is 110 Å². The van der Waals surface area contributed by atoms with Gasteiger partial charge in [0.2, 0.25) is 0 Å². The first-order valence-corrected chi connectivity index (χ1v) is 15.9. The van der Waals surface area contributed by atoms with Crippen LogP contribution in [0.5, 0.6) is 0 Å². The molecule has 0 saturated carbocycles. The normalized spacial score (nSPS) is 10.1. The van der Waals surface area contributed by atoms with Crippen LogP contribution in [-0.4, -0.2) is 17.5 Å². The van der Waals surface area contributed by atoms with Crippen molar-refractivity contribution in [1.82, 2.24) is 0 Å². The molecule has 0 heterocycles. The molecule has 0 unspecified atom stereocenters. The monoisotopic (exact) mass is 381 g/mol. The van der Waals surface area contributed by atoms with Gasteiger partial charge in [0.15, 0.2) is 0 Å². The van der Waals surface area contributed by atoms with Gasteiger partial charge in [-0.1, -0.05) is 0 Å². The molecule has 2 aromatic carbocycles. The van der Waals surface area contributed by atoms with E-state index in [1.54, 1.807) is 0 Å². The van der Waals surface area contributed by atoms with Crippen LogP contribution in [0.3, 0.4) is 0 Å². The van der Waals surface area contributed by atoms with Crippen molar-refractivity contribution in [3.8, 4) is 0 Å². The molecule has 0 spiro atoms. The van der Waals surface area contributed by atoms with E-state index < -0.39 is 17.5 Å². The Bertz CT molecular complexity index is 372. The molecule has 2 heteroatoms. The number of halogens is 1. The molecule has 0 fully saturated rings. The topological polar surface area (TPSA) is 0 Å². The zero-order chi connectivity index (χ0) is 11.2. The molecule has 0 nitrogen and oxygen atoms in total. The van der Waals surface area contributed by atoms with E-state index in [9.17, 15) is 0 Å². The molecule has 0 radical (unpaired) electrons. The first kappa shape index (κ1) is 12.2. The fraction of sp³-hybridized carbons (Fsp3) is 0.143. The van der Waals surface area contributed by atoms with Crippen LogP contribution in [0, 0.1) is 0 Å². The van der Waals surface area contributed by atoms with Crippen LogP contribution in [-0.2, 0) is 8.87 Å². The molecule has 0 saturated heterocycles. The Morgan fingerprint density at radius 1 is 0.688 bits per heavy atom. The molecule has 2 rings (SSSR count). The third kappa shape index (κ3) is 3.94. The number of benzene rings is 2. The second-order valence-electron chi connectivity index (χ2n) is 3.84. The first-order chi connectivity index (χ1) is 7.84. The van der Waals surface area contributed by atoms with E-state index in [2.05, 4.69) is 73.4 Å². The van der Waals surface area contributed by atoms with Gasteiger partial charge < -0.3 is 0 Å². The molecule has 0 N–H and O–H groups in total. The van der Waals surface area contributed by atoms with Gasteiger partial charge in [-0.05, 0) is 0 Å². The van der Waals surface area contributed by atoms with Crippen molar-refractivity contribution < 1.29 is 0 Å². The van der Waals surface area contributed by atoms with Crippen molar-refractivity contribution in [2.24, 2.45) is 0 Å². The van der Waals surface area contributed by atoms with Crippen molar-refractivity contribution in [1.29, 1.82) is 0 Å². The Hall–Kier alpha value is -0.281. The first-order valence-electron chi connectivity index (χ1n) is 5.42. The van der Waals surface area contributed by atoms with E-state index in [-0.39, 0.29) is 0 Å². The molecule has 0 amide bonds. The second-order valence-corrected chi connectivity index (χ2v) is 16.3. The van der Waals surface area contributed by atoms with E-state index >= 15 is 0 Å². The second kappa shape index (κ2) is 6.45. The molecular weight excluding hydrogens is 367 g/mol. The zero-order valence-corrected chi connectivity index (χ0v) is 13.5. The summed E-state index contributed by atoms with van der Waals surface area (Å²) >= 11 is 2.54. The summed E-state index contributed by atoms with van der Waals surface area (Å²) in [5.41, 5.74) is 2.95. The molecule has 0 aliphatic heterocycles. The summed E-state index contributed by atoms with van der Waals surface area (Å²) in [4.78, 5) is 0. The minimum absolute atomic E-state index is 1.28. The summed E-state index contributed by atoms with van der Waals surface area (Å²) in [5.74, 6) is 0. The van der Waals surface area contributed by atoms with Gasteiger partial charge in [0.25, 0.3) is 0 Å². The van der Waals surface area contributed by atoms with Crippen LogP contribution in [0.2, 0.25) is 0 Å². The number of rotatable bonds is 4. The maximum atomic E-state index is 3.95. The molecule has 80 valence electrons. The van der Waals surface area contributed by atoms with Crippen LogP contribution >= 0.6 is 12.7 Å². The molecule has 0 aliphatic carbocycles. The number of hydrogen-bond donors (Lipinski definition) is 0. The van der Waals surface area contributed by atoms with Crippen LogP contribution in [0.25, 0.3) is 0 Å². The Morgan fingerprint density at radius 3 is 1.44 bits per heavy atom. The summed E-state index contributed by atoms with van der Waals surface area (Å²) in [5, 5.41) is 0. The average molecular weight is 381 g/mol. The van der Waals surface area contributed by atoms with Gasteiger partial charge >= 0.3 is 111 Å². The zero-order valence-electron chi connectivity index (χ0n) is 9.07. The quantitative estimate of drug-likeness (QED) is 0.705. The van der Waals surface area contributed by atoms with Crippen LogP contribution in [0.15, 0.2) is 60.7 Å². The fourth-order valence-corrected chi connectivity index (χ4v) is 10.3. The fourth-order valence-electron chi connectivity index (χ4n) is 1.70. The van der Waals surface area contributed by atoms with E-state index in [4.69, 9.17) is 0 Å². The van der Waals surface area contributed by atoms with Crippen LogP contribution in [0.4, 0.5) is 0 Å². The third-order valence-electron chi connectivity index (χ3n) is 2.48. The van der Waals surface area contributed by atoms with Crippen LogP contribution in [0.1, 0.15) is 11.1 Å². The van der Waals surface area contributed by atoms with Gasteiger partial charge in [0, 0.05) is 0 Å². The van der Waals surface area contributed by atoms with E-state index in [1.807, 2.05) is 0 Å². The molecule has 2 aromatic rings. The van der Waals surface area contributed by atoms with Gasteiger partial charge in [0.1, 0.15) is 0 Å². The average Bonchev–Trinajstić information content (AvgIpc) is 2.31. The Morgan fingerprint density at radius 2 is 1.06 bits per heavy atom. The molecule has 0 bridgehead atoms. The molecule has 0 aromatic heterocycles. The van der Waals surface area contributed by atoms with Gasteiger partial charge in [-0.15, -0.1) is 0 Å². The summed E-state index contributed by atoms with van der Waals surface area (Å²) in [6.45, 7) is 0. The van der Waals surface area contributed by atoms with Gasteiger partial charge in [-0.3, -0.25) is 0 Å². The van der Waals surface area contributed by atoms with E-state index in [0.717, 1.165) is 0 Å². The van der Waals surface area contributed by atoms with Crippen molar-refractivity contribution in [3.05, 3.63) is 71.8 Å². The van der Waals surface area contributed by atoms with Crippen molar-refractivity contribution in [2.75, 3.05) is 0 Å². The van der Waals surface area contributed by atoms with Crippen molar-refractivity contribution in [2.45, 2.75) is 8.87 Å². The van der Waals surface area contributed by atoms with Gasteiger partial charge in [-0.2, -0.15) is 0 Å². The molecule has 0 aliphatic rings. The number of hydrogen-bond acceptors (Lipinski definition) is 0.